The van der Waals surface area contributed by atoms with Crippen LogP contribution < -0.4 is 10.6 Å². The van der Waals surface area contributed by atoms with E-state index in [9.17, 15) is 4.79 Å². The molecule has 0 aliphatic carbocycles. The van der Waals surface area contributed by atoms with E-state index < -0.39 is 0 Å². The molecule has 5 nitrogen and oxygen atoms in total. The molecule has 0 spiro atoms. The smallest absolute Gasteiger partial charge is 0.225 e. The second kappa shape index (κ2) is 8.39. The average Bonchev–Trinajstić information content (AvgIpc) is 2.84. The van der Waals surface area contributed by atoms with E-state index in [1.807, 2.05) is 27.8 Å². The molecule has 128 valence electrons. The third-order valence-corrected chi connectivity index (χ3v) is 3.98. The van der Waals surface area contributed by atoms with Gasteiger partial charge in [0.15, 0.2) is 5.96 Å². The highest BCUT2D eigenvalue weighted by Crippen LogP contribution is 2.23. The molecule has 0 saturated carbocycles. The topological polar surface area (TPSA) is 56.7 Å². The quantitative estimate of drug-likeness (QED) is 0.464. The highest BCUT2D eigenvalue weighted by Gasteiger charge is 2.25. The maximum Gasteiger partial charge on any atom is 0.225 e. The lowest BCUT2D eigenvalue weighted by atomic mass is 9.96. The van der Waals surface area contributed by atoms with Crippen LogP contribution in [0.4, 0.5) is 0 Å². The van der Waals surface area contributed by atoms with Crippen molar-refractivity contribution in [1.29, 1.82) is 0 Å². The first-order valence-electron chi connectivity index (χ1n) is 8.48. The van der Waals surface area contributed by atoms with E-state index >= 15 is 0 Å². The van der Waals surface area contributed by atoms with Crippen molar-refractivity contribution in [3.63, 3.8) is 0 Å². The van der Waals surface area contributed by atoms with Gasteiger partial charge < -0.3 is 15.5 Å². The van der Waals surface area contributed by atoms with Crippen LogP contribution in [0.2, 0.25) is 0 Å². The molecule has 1 atom stereocenters. The molecule has 1 unspecified atom stereocenters. The van der Waals surface area contributed by atoms with Gasteiger partial charge in [0.2, 0.25) is 5.91 Å². The van der Waals surface area contributed by atoms with Gasteiger partial charge in [-0.3, -0.25) is 9.79 Å². The minimum atomic E-state index is -0.333. The monoisotopic (exact) mass is 310 g/mol. The van der Waals surface area contributed by atoms with E-state index in [0.29, 0.717) is 13.1 Å². The van der Waals surface area contributed by atoms with Gasteiger partial charge in [-0.2, -0.15) is 0 Å². The molecule has 1 amide bonds. The summed E-state index contributed by atoms with van der Waals surface area (Å²) in [6, 6.07) is 0. The number of hydrogen-bond donors (Lipinski definition) is 2. The van der Waals surface area contributed by atoms with Crippen molar-refractivity contribution >= 4 is 11.9 Å². The van der Waals surface area contributed by atoms with Crippen LogP contribution >= 0.6 is 0 Å². The molecule has 0 aromatic heterocycles. The fraction of sp³-hybridized carbons (Fsp3) is 0.882. The van der Waals surface area contributed by atoms with Crippen molar-refractivity contribution in [3.8, 4) is 0 Å². The van der Waals surface area contributed by atoms with Crippen molar-refractivity contribution < 1.29 is 4.79 Å². The zero-order valence-corrected chi connectivity index (χ0v) is 15.2. The molecule has 1 rings (SSSR count). The number of rotatable bonds is 5. The molecule has 0 aromatic rings. The van der Waals surface area contributed by atoms with Crippen LogP contribution in [0.15, 0.2) is 4.99 Å². The van der Waals surface area contributed by atoms with Crippen LogP contribution in [0.1, 0.15) is 47.5 Å². The summed E-state index contributed by atoms with van der Waals surface area (Å²) in [5.41, 5.74) is -0.333. The largest absolute Gasteiger partial charge is 0.354 e. The second-order valence-corrected chi connectivity index (χ2v) is 7.71. The van der Waals surface area contributed by atoms with Crippen LogP contribution in [0.25, 0.3) is 0 Å². The van der Waals surface area contributed by atoms with Crippen LogP contribution in [0.5, 0.6) is 0 Å². The zero-order chi connectivity index (χ0) is 16.8. The van der Waals surface area contributed by atoms with E-state index in [-0.39, 0.29) is 11.3 Å². The number of nitrogens with one attached hydrogen (secondary N) is 2. The fourth-order valence-electron chi connectivity index (χ4n) is 2.83. The third-order valence-electron chi connectivity index (χ3n) is 3.98. The van der Waals surface area contributed by atoms with Gasteiger partial charge >= 0.3 is 0 Å². The highest BCUT2D eigenvalue weighted by atomic mass is 16.2. The third kappa shape index (κ3) is 6.24. The molecule has 1 saturated heterocycles. The number of hydrogen-bond acceptors (Lipinski definition) is 2. The number of aliphatic imine (C=N–C) groups is 1. The van der Waals surface area contributed by atoms with E-state index in [2.05, 4.69) is 34.4 Å². The normalized spacial score (nSPS) is 19.7. The maximum absolute atomic E-state index is 11.8. The highest BCUT2D eigenvalue weighted by molar-refractivity contribution is 5.82. The summed E-state index contributed by atoms with van der Waals surface area (Å²) in [4.78, 5) is 18.5. The Morgan fingerprint density at radius 2 is 1.91 bits per heavy atom. The number of carbonyl (C=O) groups is 1. The molecule has 0 bridgehead atoms. The number of guanidine groups is 1. The van der Waals surface area contributed by atoms with Crippen molar-refractivity contribution in [2.45, 2.75) is 47.5 Å². The number of likely N-dealkylation sites (tertiary alicyclic amines) is 1. The molecule has 0 aromatic carbocycles. The number of nitrogens with zero attached hydrogens (tertiary/aromatic N) is 2. The Morgan fingerprint density at radius 3 is 2.45 bits per heavy atom. The molecule has 1 aliphatic heterocycles. The van der Waals surface area contributed by atoms with Gasteiger partial charge in [0, 0.05) is 38.6 Å². The Labute approximate surface area is 135 Å². The van der Waals surface area contributed by atoms with E-state index in [0.717, 1.165) is 30.9 Å². The van der Waals surface area contributed by atoms with Crippen molar-refractivity contribution in [1.82, 2.24) is 15.5 Å². The van der Waals surface area contributed by atoms with Gasteiger partial charge in [-0.15, -0.1) is 0 Å². The van der Waals surface area contributed by atoms with Gasteiger partial charge in [0.05, 0.1) is 0 Å². The molecule has 1 fully saturated rings. The Balaban J connectivity index is 2.31. The summed E-state index contributed by atoms with van der Waals surface area (Å²) in [6.07, 6.45) is 2.54. The second-order valence-electron chi connectivity index (χ2n) is 7.71. The fourth-order valence-corrected chi connectivity index (χ4v) is 2.83. The van der Waals surface area contributed by atoms with Crippen molar-refractivity contribution in [2.75, 3.05) is 33.2 Å². The maximum atomic E-state index is 11.8. The first kappa shape index (κ1) is 18.8. The lowest BCUT2D eigenvalue weighted by Gasteiger charge is -2.23. The minimum Gasteiger partial charge on any atom is -0.354 e. The predicted octanol–water partition coefficient (Wildman–Crippen LogP) is 2.09. The molecule has 1 heterocycles. The summed E-state index contributed by atoms with van der Waals surface area (Å²) in [7, 11) is 1.83. The summed E-state index contributed by atoms with van der Waals surface area (Å²) in [5, 5.41) is 6.31. The summed E-state index contributed by atoms with van der Waals surface area (Å²) >= 11 is 0. The molecule has 22 heavy (non-hydrogen) atoms. The van der Waals surface area contributed by atoms with Crippen LogP contribution in [0.3, 0.4) is 0 Å². The minimum absolute atomic E-state index is 0.0856. The summed E-state index contributed by atoms with van der Waals surface area (Å²) < 4.78 is 0. The number of amides is 1. The first-order valence-corrected chi connectivity index (χ1v) is 8.48. The van der Waals surface area contributed by atoms with Crippen LogP contribution in [0, 0.1) is 17.3 Å². The van der Waals surface area contributed by atoms with Crippen LogP contribution in [-0.4, -0.2) is 50.0 Å². The van der Waals surface area contributed by atoms with Gasteiger partial charge in [-0.1, -0.05) is 34.6 Å². The Bertz CT molecular complexity index is 385. The van der Waals surface area contributed by atoms with E-state index in [1.165, 1.54) is 12.8 Å². The van der Waals surface area contributed by atoms with Crippen molar-refractivity contribution in [3.05, 3.63) is 0 Å². The number of carbonyl (C=O) groups excluding carboxylic acids is 1. The van der Waals surface area contributed by atoms with E-state index in [1.54, 1.807) is 0 Å². The molecule has 2 N–H and O–H groups in total. The molecular weight excluding hydrogens is 276 g/mol. The Morgan fingerprint density at radius 1 is 1.27 bits per heavy atom. The summed E-state index contributed by atoms with van der Waals surface area (Å²) in [5.74, 6) is 2.57. The first-order chi connectivity index (χ1) is 10.2. The average molecular weight is 310 g/mol. The molecule has 1 aliphatic rings. The lowest BCUT2D eigenvalue weighted by Crippen LogP contribution is -2.44. The molecule has 5 heteroatoms. The Kier molecular flexibility index (Phi) is 7.17. The molecule has 0 radical (unpaired) electrons. The predicted molar refractivity (Wildman–Crippen MR) is 93.0 cm³/mol. The van der Waals surface area contributed by atoms with Crippen molar-refractivity contribution in [2.24, 2.45) is 22.2 Å². The van der Waals surface area contributed by atoms with E-state index in [4.69, 9.17) is 0 Å². The standard InChI is InChI=1S/C17H34N4O/c1-13(2)11-14-7-10-21(12-14)16(18-6)20-9-8-19-15(22)17(3,4)5/h13-14H,7-12H2,1-6H3,(H,18,20)(H,19,22). The van der Waals surface area contributed by atoms with Crippen LogP contribution in [-0.2, 0) is 4.79 Å². The van der Waals surface area contributed by atoms with Gasteiger partial charge in [0.25, 0.3) is 0 Å². The Hall–Kier alpha value is -1.26. The van der Waals surface area contributed by atoms with Gasteiger partial charge in [-0.25, -0.2) is 0 Å². The SMILES string of the molecule is CN=C(NCCNC(=O)C(C)(C)C)N1CCC(CC(C)C)C1. The summed E-state index contributed by atoms with van der Waals surface area (Å²) in [6.45, 7) is 13.8. The zero-order valence-electron chi connectivity index (χ0n) is 15.2. The lowest BCUT2D eigenvalue weighted by molar-refractivity contribution is -0.128. The van der Waals surface area contributed by atoms with Gasteiger partial charge in [-0.05, 0) is 24.7 Å². The van der Waals surface area contributed by atoms with Gasteiger partial charge in [0.1, 0.15) is 0 Å². The molecular formula is C17H34N4O.